The fourth-order valence-electron chi connectivity index (χ4n) is 5.13. The first-order valence-corrected chi connectivity index (χ1v) is 15.2. The highest BCUT2D eigenvalue weighted by atomic mass is 31.2. The van der Waals surface area contributed by atoms with Crippen molar-refractivity contribution in [2.24, 2.45) is 5.92 Å². The van der Waals surface area contributed by atoms with E-state index < -0.39 is 7.60 Å². The van der Waals surface area contributed by atoms with Crippen molar-refractivity contribution in [2.75, 3.05) is 50.9 Å². The van der Waals surface area contributed by atoms with Crippen LogP contribution in [0.1, 0.15) is 51.3 Å². The maximum absolute atomic E-state index is 14.0. The van der Waals surface area contributed by atoms with Gasteiger partial charge in [0.05, 0.1) is 25.5 Å². The van der Waals surface area contributed by atoms with E-state index in [0.717, 1.165) is 48.1 Å². The fraction of sp³-hybridized carbons (Fsp3) is 0.556. The van der Waals surface area contributed by atoms with Crippen LogP contribution in [0.3, 0.4) is 0 Å². The zero-order valence-electron chi connectivity index (χ0n) is 23.4. The smallest absolute Gasteiger partial charge is 0.356 e. The monoisotopic (exact) mass is 558 g/mol. The van der Waals surface area contributed by atoms with Crippen molar-refractivity contribution in [1.29, 1.82) is 0 Å². The number of fused-ring (bicyclic) bond motifs is 1. The van der Waals surface area contributed by atoms with Crippen LogP contribution in [-0.2, 0) is 18.3 Å². The molecule has 1 fully saturated rings. The SMILES string of the molecule is CCOP(=O)(COCC1CCC(n2c(=O)c(-c3ccc(N(C)C)nc3)cc3c(C)nc(N)nc32)CC1)OCC. The molecule has 212 valence electrons. The maximum atomic E-state index is 14.0. The number of aryl methyl sites for hydroxylation is 1. The van der Waals surface area contributed by atoms with E-state index in [0.29, 0.717) is 31.0 Å². The first-order chi connectivity index (χ1) is 18.7. The van der Waals surface area contributed by atoms with E-state index in [1.54, 1.807) is 24.6 Å². The second-order valence-corrected chi connectivity index (χ2v) is 12.1. The molecule has 0 saturated heterocycles. The van der Waals surface area contributed by atoms with E-state index in [1.165, 1.54) is 0 Å². The van der Waals surface area contributed by atoms with E-state index >= 15 is 0 Å². The number of nitrogen functional groups attached to an aromatic ring is 1. The van der Waals surface area contributed by atoms with Crippen LogP contribution in [0.25, 0.3) is 22.2 Å². The number of nitrogens with two attached hydrogens (primary N) is 1. The lowest BCUT2D eigenvalue weighted by molar-refractivity contribution is 0.0871. The molecule has 0 aliphatic heterocycles. The predicted octanol–water partition coefficient (Wildman–Crippen LogP) is 4.78. The number of rotatable bonds is 11. The van der Waals surface area contributed by atoms with Gasteiger partial charge in [-0.3, -0.25) is 13.9 Å². The van der Waals surface area contributed by atoms with Gasteiger partial charge in [-0.25, -0.2) is 9.97 Å². The molecule has 1 saturated carbocycles. The Kier molecular flexibility index (Phi) is 9.38. The highest BCUT2D eigenvalue weighted by Gasteiger charge is 2.29. The van der Waals surface area contributed by atoms with Crippen molar-refractivity contribution >= 4 is 30.4 Å². The molecule has 11 nitrogen and oxygen atoms in total. The van der Waals surface area contributed by atoms with Gasteiger partial charge in [0.2, 0.25) is 5.95 Å². The minimum absolute atomic E-state index is 0.0446. The van der Waals surface area contributed by atoms with Crippen LogP contribution in [-0.4, -0.2) is 59.8 Å². The third-order valence-electron chi connectivity index (χ3n) is 7.05. The van der Waals surface area contributed by atoms with Crippen molar-refractivity contribution in [3.05, 3.63) is 40.4 Å². The largest absolute Gasteiger partial charge is 0.369 e. The zero-order chi connectivity index (χ0) is 28.2. The summed E-state index contributed by atoms with van der Waals surface area (Å²) in [6.45, 7) is 6.51. The third-order valence-corrected chi connectivity index (χ3v) is 8.85. The number of nitrogens with zero attached hydrogens (tertiary/aromatic N) is 5. The summed E-state index contributed by atoms with van der Waals surface area (Å²) >= 11 is 0. The Morgan fingerprint density at radius 1 is 1.10 bits per heavy atom. The molecule has 0 spiro atoms. The molecule has 1 aliphatic rings. The van der Waals surface area contributed by atoms with Crippen LogP contribution in [0.2, 0.25) is 0 Å². The van der Waals surface area contributed by atoms with Crippen LogP contribution in [0.5, 0.6) is 0 Å². The van der Waals surface area contributed by atoms with Gasteiger partial charge >= 0.3 is 7.60 Å². The number of hydrogen-bond donors (Lipinski definition) is 1. The Bertz CT molecular complexity index is 1380. The van der Waals surface area contributed by atoms with Crippen molar-refractivity contribution in [1.82, 2.24) is 19.5 Å². The Labute approximate surface area is 229 Å². The van der Waals surface area contributed by atoms with E-state index in [9.17, 15) is 9.36 Å². The van der Waals surface area contributed by atoms with Gasteiger partial charge in [0, 0.05) is 42.8 Å². The molecule has 0 atom stereocenters. The molecule has 2 N–H and O–H groups in total. The molecule has 12 heteroatoms. The van der Waals surface area contributed by atoms with Gasteiger partial charge in [-0.2, -0.15) is 4.98 Å². The molecular weight excluding hydrogens is 519 g/mol. The van der Waals surface area contributed by atoms with Crippen LogP contribution < -0.4 is 16.2 Å². The summed E-state index contributed by atoms with van der Waals surface area (Å²) in [5.41, 5.74) is 8.48. The topological polar surface area (TPSA) is 135 Å². The minimum atomic E-state index is -3.24. The minimum Gasteiger partial charge on any atom is -0.369 e. The van der Waals surface area contributed by atoms with E-state index in [1.807, 2.05) is 44.1 Å². The maximum Gasteiger partial charge on any atom is 0.356 e. The van der Waals surface area contributed by atoms with Crippen LogP contribution in [0.15, 0.2) is 29.2 Å². The molecule has 0 radical (unpaired) electrons. The van der Waals surface area contributed by atoms with Gasteiger partial charge < -0.3 is 24.4 Å². The molecule has 39 heavy (non-hydrogen) atoms. The van der Waals surface area contributed by atoms with Crippen LogP contribution in [0, 0.1) is 12.8 Å². The number of aromatic nitrogens is 4. The highest BCUT2D eigenvalue weighted by Crippen LogP contribution is 2.48. The van der Waals surface area contributed by atoms with Gasteiger partial charge in [-0.05, 0) is 70.6 Å². The second kappa shape index (κ2) is 12.6. The van der Waals surface area contributed by atoms with Gasteiger partial charge in [-0.15, -0.1) is 0 Å². The summed E-state index contributed by atoms with van der Waals surface area (Å²) in [5, 5.41) is 0.795. The lowest BCUT2D eigenvalue weighted by Crippen LogP contribution is -2.31. The molecule has 3 aromatic rings. The standard InChI is InChI=1S/C27H39N6O5P/c1-6-37-39(35,38-7-2)17-36-16-19-8-11-21(12-9-19)33-25-22(18(3)30-27(28)31-25)14-23(26(33)34)20-10-13-24(29-15-20)32(4)5/h10,13-15,19,21H,6-9,11-12,16-17H2,1-5H3,(H2,28,30,31). The number of anilines is 2. The summed E-state index contributed by atoms with van der Waals surface area (Å²) in [7, 11) is 0.614. The molecule has 3 aromatic heterocycles. The van der Waals surface area contributed by atoms with Crippen molar-refractivity contribution in [3.63, 3.8) is 0 Å². The summed E-state index contributed by atoms with van der Waals surface area (Å²) in [4.78, 5) is 29.2. The van der Waals surface area contributed by atoms with Crippen LogP contribution in [0.4, 0.5) is 11.8 Å². The zero-order valence-corrected chi connectivity index (χ0v) is 24.3. The normalized spacial score (nSPS) is 18.0. The Balaban J connectivity index is 1.57. The van der Waals surface area contributed by atoms with Crippen molar-refractivity contribution < 1.29 is 18.3 Å². The van der Waals surface area contributed by atoms with Crippen molar-refractivity contribution in [2.45, 2.75) is 52.5 Å². The summed E-state index contributed by atoms with van der Waals surface area (Å²) in [6.07, 6.45) is 4.94. The Hall–Kier alpha value is -2.85. The fourth-order valence-corrected chi connectivity index (χ4v) is 6.47. The highest BCUT2D eigenvalue weighted by molar-refractivity contribution is 7.53. The van der Waals surface area contributed by atoms with E-state index in [2.05, 4.69) is 15.0 Å². The van der Waals surface area contributed by atoms with Crippen LogP contribution >= 0.6 is 7.60 Å². The number of hydrogen-bond acceptors (Lipinski definition) is 10. The first-order valence-electron chi connectivity index (χ1n) is 13.4. The molecule has 0 bridgehead atoms. The molecule has 3 heterocycles. The first kappa shape index (κ1) is 29.1. The number of ether oxygens (including phenoxy) is 1. The third kappa shape index (κ3) is 6.66. The quantitative estimate of drug-likeness (QED) is 0.328. The van der Waals surface area contributed by atoms with Crippen molar-refractivity contribution in [3.8, 4) is 11.1 Å². The van der Waals surface area contributed by atoms with E-state index in [4.69, 9.17) is 19.5 Å². The molecule has 1 aliphatic carbocycles. The lowest BCUT2D eigenvalue weighted by atomic mass is 9.86. The molecule has 0 amide bonds. The average molecular weight is 559 g/mol. The van der Waals surface area contributed by atoms with E-state index in [-0.39, 0.29) is 29.8 Å². The van der Waals surface area contributed by atoms with Gasteiger partial charge in [-0.1, -0.05) is 0 Å². The Morgan fingerprint density at radius 3 is 2.38 bits per heavy atom. The molecule has 4 rings (SSSR count). The molecule has 0 unspecified atom stereocenters. The van der Waals surface area contributed by atoms with Gasteiger partial charge in [0.25, 0.3) is 5.56 Å². The Morgan fingerprint density at radius 2 is 1.79 bits per heavy atom. The molecular formula is C27H39N6O5P. The van der Waals surface area contributed by atoms with Gasteiger partial charge in [0.15, 0.2) is 0 Å². The lowest BCUT2D eigenvalue weighted by Gasteiger charge is -2.31. The summed E-state index contributed by atoms with van der Waals surface area (Å²) in [6, 6.07) is 5.62. The number of pyridine rings is 2. The average Bonchev–Trinajstić information content (AvgIpc) is 2.89. The van der Waals surface area contributed by atoms with Gasteiger partial charge in [0.1, 0.15) is 17.8 Å². The predicted molar refractivity (Wildman–Crippen MR) is 153 cm³/mol. The summed E-state index contributed by atoms with van der Waals surface area (Å²) in [5.74, 6) is 1.24. The second-order valence-electron chi connectivity index (χ2n) is 10.1. The molecule has 0 aromatic carbocycles. The summed E-state index contributed by atoms with van der Waals surface area (Å²) < 4.78 is 30.9.